The molecule has 0 aliphatic carbocycles. The number of rotatable bonds is 5. The molecule has 172 valence electrons. The van der Waals surface area contributed by atoms with Gasteiger partial charge in [0, 0.05) is 16.7 Å². The summed E-state index contributed by atoms with van der Waals surface area (Å²) in [5.41, 5.74) is 2.08. The summed E-state index contributed by atoms with van der Waals surface area (Å²) in [6.07, 6.45) is -4.82. The Kier molecular flexibility index (Phi) is 5.52. The van der Waals surface area contributed by atoms with E-state index >= 15 is 0 Å². The van der Waals surface area contributed by atoms with Crippen LogP contribution in [0.15, 0.2) is 82.7 Å². The molecule has 34 heavy (non-hydrogen) atoms. The second-order valence-electron chi connectivity index (χ2n) is 7.39. The maximum atomic E-state index is 13.6. The van der Waals surface area contributed by atoms with E-state index in [1.54, 1.807) is 12.1 Å². The Morgan fingerprint density at radius 3 is 2.50 bits per heavy atom. The van der Waals surface area contributed by atoms with E-state index in [2.05, 4.69) is 9.72 Å². The number of benzene rings is 3. The topological polar surface area (TPSA) is 59.9 Å². The summed E-state index contributed by atoms with van der Waals surface area (Å²) in [7, 11) is 0. The molecule has 5 rings (SSSR count). The Bertz CT molecular complexity index is 1560. The Hall–Kier alpha value is -3.79. The largest absolute Gasteiger partial charge is 0.573 e. The molecule has 2 aromatic heterocycles. The van der Waals surface area contributed by atoms with Gasteiger partial charge in [-0.1, -0.05) is 42.1 Å². The van der Waals surface area contributed by atoms with Crippen molar-refractivity contribution in [1.29, 1.82) is 0 Å². The number of alkyl halides is 3. The minimum absolute atomic E-state index is 0.270. The molecular weight excluding hydrogens is 470 g/mol. The van der Waals surface area contributed by atoms with Crippen LogP contribution in [0.25, 0.3) is 27.6 Å². The zero-order valence-electron chi connectivity index (χ0n) is 17.3. The van der Waals surface area contributed by atoms with Crippen molar-refractivity contribution < 1.29 is 22.3 Å². The lowest BCUT2D eigenvalue weighted by atomic mass is 10.2. The number of nitrogens with one attached hydrogen (secondary N) is 1. The van der Waals surface area contributed by atoms with Crippen molar-refractivity contribution in [1.82, 2.24) is 14.5 Å². The van der Waals surface area contributed by atoms with Gasteiger partial charge in [-0.25, -0.2) is 9.37 Å². The van der Waals surface area contributed by atoms with Crippen molar-refractivity contribution in [2.45, 2.75) is 17.3 Å². The van der Waals surface area contributed by atoms with Crippen LogP contribution < -0.4 is 10.3 Å². The number of nitrogens with zero attached hydrogens (tertiary/aromatic N) is 2. The summed E-state index contributed by atoms with van der Waals surface area (Å²) >= 11 is 1.22. The lowest BCUT2D eigenvalue weighted by molar-refractivity contribution is -0.274. The number of aromatic nitrogens is 3. The molecule has 5 aromatic rings. The van der Waals surface area contributed by atoms with E-state index in [0.717, 1.165) is 23.0 Å². The van der Waals surface area contributed by atoms with Crippen LogP contribution in [-0.4, -0.2) is 20.9 Å². The molecule has 10 heteroatoms. The van der Waals surface area contributed by atoms with Crippen LogP contribution in [0.4, 0.5) is 17.6 Å². The number of fused-ring (bicyclic) bond motifs is 3. The fourth-order valence-electron chi connectivity index (χ4n) is 3.64. The van der Waals surface area contributed by atoms with Gasteiger partial charge in [-0.2, -0.15) is 0 Å². The summed E-state index contributed by atoms with van der Waals surface area (Å²) in [6.45, 7) is 0. The maximum absolute atomic E-state index is 13.6. The van der Waals surface area contributed by atoms with Crippen molar-refractivity contribution in [3.63, 3.8) is 0 Å². The highest BCUT2D eigenvalue weighted by molar-refractivity contribution is 7.98. The van der Waals surface area contributed by atoms with Gasteiger partial charge in [0.05, 0.1) is 5.69 Å². The number of hydrogen-bond donors (Lipinski definition) is 1. The normalized spacial score (nSPS) is 11.9. The Balaban J connectivity index is 1.63. The Morgan fingerprint density at radius 1 is 1.00 bits per heavy atom. The number of ether oxygens (including phenoxy) is 1. The highest BCUT2D eigenvalue weighted by Gasteiger charge is 2.31. The molecule has 0 unspecified atom stereocenters. The molecule has 1 N–H and O–H groups in total. The van der Waals surface area contributed by atoms with Gasteiger partial charge in [0.25, 0.3) is 5.56 Å². The Labute approximate surface area is 194 Å². The molecule has 0 radical (unpaired) electrons. The maximum Gasteiger partial charge on any atom is 0.573 e. The predicted molar refractivity (Wildman–Crippen MR) is 122 cm³/mol. The summed E-state index contributed by atoms with van der Waals surface area (Å²) in [5, 5.41) is 1.08. The third-order valence-electron chi connectivity index (χ3n) is 5.08. The standard InChI is InChI=1S/C24H15F4N3O2S/c25-15-5-3-4-14(12-15)13-34-23-30-20-18-6-1-2-7-19(18)29-21(20)22(32)31(23)16-8-10-17(11-9-16)33-24(26,27)28/h1-12,29H,13H2. The van der Waals surface area contributed by atoms with Crippen LogP contribution in [0.1, 0.15) is 5.56 Å². The molecule has 0 atom stereocenters. The smallest absolute Gasteiger partial charge is 0.406 e. The van der Waals surface area contributed by atoms with Crippen molar-refractivity contribution >= 4 is 33.7 Å². The SMILES string of the molecule is O=c1c2[nH]c3ccccc3c2nc(SCc2cccc(F)c2)n1-c1ccc(OC(F)(F)F)cc1. The third kappa shape index (κ3) is 4.36. The number of halogens is 4. The third-order valence-corrected chi connectivity index (χ3v) is 6.09. The van der Waals surface area contributed by atoms with Gasteiger partial charge < -0.3 is 9.72 Å². The van der Waals surface area contributed by atoms with Crippen LogP contribution in [0.5, 0.6) is 5.75 Å². The molecule has 0 saturated carbocycles. The van der Waals surface area contributed by atoms with Crippen LogP contribution in [-0.2, 0) is 5.75 Å². The molecule has 0 fully saturated rings. The molecule has 0 aliphatic rings. The minimum Gasteiger partial charge on any atom is -0.406 e. The zero-order chi connectivity index (χ0) is 23.9. The van der Waals surface area contributed by atoms with E-state index < -0.39 is 17.7 Å². The van der Waals surface area contributed by atoms with Crippen LogP contribution in [0.3, 0.4) is 0 Å². The predicted octanol–water partition coefficient (Wildman–Crippen LogP) is 6.20. The average Bonchev–Trinajstić information content (AvgIpc) is 3.17. The lowest BCUT2D eigenvalue weighted by Gasteiger charge is -2.13. The van der Waals surface area contributed by atoms with Gasteiger partial charge in [0.15, 0.2) is 5.16 Å². The number of hydrogen-bond acceptors (Lipinski definition) is 4. The first kappa shape index (κ1) is 22.0. The average molecular weight is 485 g/mol. The Morgan fingerprint density at radius 2 is 1.76 bits per heavy atom. The molecule has 0 bridgehead atoms. The second-order valence-corrected chi connectivity index (χ2v) is 8.33. The van der Waals surface area contributed by atoms with Crippen molar-refractivity contribution in [3.8, 4) is 11.4 Å². The number of H-pyrrole nitrogens is 1. The van der Waals surface area contributed by atoms with Crippen LogP contribution in [0.2, 0.25) is 0 Å². The van der Waals surface area contributed by atoms with Gasteiger partial charge in [0.1, 0.15) is 22.6 Å². The summed E-state index contributed by atoms with van der Waals surface area (Å²) in [5.74, 6) is -0.457. The van der Waals surface area contributed by atoms with Crippen molar-refractivity contribution in [2.24, 2.45) is 0 Å². The molecule has 3 aromatic carbocycles. The number of thioether (sulfide) groups is 1. The van der Waals surface area contributed by atoms with Crippen LogP contribution in [0, 0.1) is 5.82 Å². The zero-order valence-corrected chi connectivity index (χ0v) is 18.1. The van der Waals surface area contributed by atoms with Crippen molar-refractivity contribution in [3.05, 3.63) is 94.5 Å². The first-order valence-electron chi connectivity index (χ1n) is 10.1. The van der Waals surface area contributed by atoms with Crippen LogP contribution >= 0.6 is 11.8 Å². The summed E-state index contributed by atoms with van der Waals surface area (Å²) in [4.78, 5) is 21.3. The highest BCUT2D eigenvalue weighted by atomic mass is 32.2. The van der Waals surface area contributed by atoms with Gasteiger partial charge in [-0.05, 0) is 48.0 Å². The van der Waals surface area contributed by atoms with E-state index in [1.165, 1.54) is 40.6 Å². The second kappa shape index (κ2) is 8.53. The molecule has 0 aliphatic heterocycles. The quantitative estimate of drug-likeness (QED) is 0.183. The van der Waals surface area contributed by atoms with Gasteiger partial charge in [0.2, 0.25) is 0 Å². The van der Waals surface area contributed by atoms with E-state index in [-0.39, 0.29) is 11.3 Å². The first-order valence-corrected chi connectivity index (χ1v) is 11.0. The molecule has 0 spiro atoms. The van der Waals surface area contributed by atoms with E-state index in [4.69, 9.17) is 4.98 Å². The monoisotopic (exact) mass is 485 g/mol. The summed E-state index contributed by atoms with van der Waals surface area (Å²) < 4.78 is 56.5. The van der Waals surface area contributed by atoms with E-state index in [9.17, 15) is 22.4 Å². The van der Waals surface area contributed by atoms with Gasteiger partial charge in [-0.15, -0.1) is 13.2 Å². The molecule has 0 saturated heterocycles. The van der Waals surface area contributed by atoms with Crippen molar-refractivity contribution in [2.75, 3.05) is 0 Å². The molecule has 2 heterocycles. The minimum atomic E-state index is -4.82. The van der Waals surface area contributed by atoms with E-state index in [1.807, 2.05) is 24.3 Å². The molecule has 0 amide bonds. The van der Waals surface area contributed by atoms with Gasteiger partial charge >= 0.3 is 6.36 Å². The van der Waals surface area contributed by atoms with E-state index in [0.29, 0.717) is 27.7 Å². The number of para-hydroxylation sites is 1. The first-order chi connectivity index (χ1) is 16.3. The molecule has 5 nitrogen and oxygen atoms in total. The molecular formula is C24H15F4N3O2S. The highest BCUT2D eigenvalue weighted by Crippen LogP contribution is 2.29. The van der Waals surface area contributed by atoms with Gasteiger partial charge in [-0.3, -0.25) is 9.36 Å². The fourth-order valence-corrected chi connectivity index (χ4v) is 4.59. The summed E-state index contributed by atoms with van der Waals surface area (Å²) in [6, 6.07) is 18.4. The number of aromatic amines is 1. The lowest BCUT2D eigenvalue weighted by Crippen LogP contribution is -2.22. The fraction of sp³-hybridized carbons (Fsp3) is 0.0833.